The van der Waals surface area contributed by atoms with Gasteiger partial charge in [-0.3, -0.25) is 4.79 Å². The minimum absolute atomic E-state index is 0.0679. The second-order valence-corrected chi connectivity index (χ2v) is 6.74. The van der Waals surface area contributed by atoms with E-state index >= 15 is 0 Å². The van der Waals surface area contributed by atoms with Gasteiger partial charge in [0.1, 0.15) is 5.82 Å². The van der Waals surface area contributed by atoms with Crippen molar-refractivity contribution in [3.63, 3.8) is 0 Å². The van der Waals surface area contributed by atoms with Gasteiger partial charge in [-0.2, -0.15) is 0 Å². The van der Waals surface area contributed by atoms with Gasteiger partial charge in [-0.25, -0.2) is 9.18 Å². The van der Waals surface area contributed by atoms with Gasteiger partial charge in [-0.05, 0) is 50.3 Å². The van der Waals surface area contributed by atoms with Crippen LogP contribution in [0.3, 0.4) is 0 Å². The first-order chi connectivity index (χ1) is 11.6. The fourth-order valence-electron chi connectivity index (χ4n) is 2.74. The smallest absolute Gasteiger partial charge is 0.340 e. The summed E-state index contributed by atoms with van der Waals surface area (Å²) in [5.74, 6) is -1.58. The van der Waals surface area contributed by atoms with E-state index in [0.717, 1.165) is 31.2 Å². The quantitative estimate of drug-likeness (QED) is 0.852. The predicted octanol–water partition coefficient (Wildman–Crippen LogP) is 3.95. The first-order valence-electron chi connectivity index (χ1n) is 7.92. The number of fused-ring (bicyclic) bond motifs is 1. The molecule has 0 fully saturated rings. The van der Waals surface area contributed by atoms with Crippen molar-refractivity contribution in [1.29, 1.82) is 0 Å². The molecule has 1 N–H and O–H groups in total. The van der Waals surface area contributed by atoms with Crippen molar-refractivity contribution in [2.45, 2.75) is 38.7 Å². The predicted molar refractivity (Wildman–Crippen MR) is 90.9 cm³/mol. The summed E-state index contributed by atoms with van der Waals surface area (Å²) in [6.45, 7) is 1.48. The summed E-state index contributed by atoms with van der Waals surface area (Å²) in [5.41, 5.74) is 1.68. The van der Waals surface area contributed by atoms with E-state index in [1.807, 2.05) is 0 Å². The summed E-state index contributed by atoms with van der Waals surface area (Å²) >= 11 is 1.57. The van der Waals surface area contributed by atoms with Gasteiger partial charge in [-0.1, -0.05) is 12.1 Å². The van der Waals surface area contributed by atoms with Crippen molar-refractivity contribution < 1.29 is 18.7 Å². The Balaban J connectivity index is 1.65. The molecule has 1 aliphatic rings. The van der Waals surface area contributed by atoms with Gasteiger partial charge in [0.2, 0.25) is 0 Å². The lowest BCUT2D eigenvalue weighted by atomic mass is 9.96. The van der Waals surface area contributed by atoms with Gasteiger partial charge < -0.3 is 10.1 Å². The van der Waals surface area contributed by atoms with Gasteiger partial charge in [0.25, 0.3) is 5.91 Å². The molecule has 1 aromatic carbocycles. The Morgan fingerprint density at radius 3 is 2.79 bits per heavy atom. The molecule has 1 heterocycles. The number of anilines is 1. The largest absolute Gasteiger partial charge is 0.449 e. The number of esters is 1. The molecule has 0 bridgehead atoms. The average Bonchev–Trinajstić information content (AvgIpc) is 3.01. The van der Waals surface area contributed by atoms with Gasteiger partial charge in [-0.15, -0.1) is 11.3 Å². The average molecular weight is 347 g/mol. The summed E-state index contributed by atoms with van der Waals surface area (Å²) in [7, 11) is 0. The number of benzene rings is 1. The Hall–Kier alpha value is -2.21. The molecular formula is C18H18FNO3S. The molecular weight excluding hydrogens is 329 g/mol. The molecule has 0 saturated carbocycles. The number of ether oxygens (including phenoxy) is 1. The third kappa shape index (κ3) is 3.48. The van der Waals surface area contributed by atoms with Crippen LogP contribution in [-0.4, -0.2) is 18.0 Å². The van der Waals surface area contributed by atoms with E-state index in [9.17, 15) is 14.0 Å². The molecule has 0 radical (unpaired) electrons. The zero-order valence-electron chi connectivity index (χ0n) is 13.3. The van der Waals surface area contributed by atoms with Crippen LogP contribution in [0.4, 0.5) is 10.1 Å². The summed E-state index contributed by atoms with van der Waals surface area (Å²) in [6.07, 6.45) is 3.07. The number of carbonyl (C=O) groups excluding carboxylic acids is 2. The third-order valence-corrected chi connectivity index (χ3v) is 5.15. The van der Waals surface area contributed by atoms with E-state index in [-0.39, 0.29) is 5.69 Å². The Kier molecular flexibility index (Phi) is 4.94. The van der Waals surface area contributed by atoms with E-state index in [2.05, 4.69) is 5.32 Å². The lowest BCUT2D eigenvalue weighted by molar-refractivity contribution is -0.123. The van der Waals surface area contributed by atoms with E-state index in [1.54, 1.807) is 22.8 Å². The highest BCUT2D eigenvalue weighted by molar-refractivity contribution is 7.10. The number of nitrogens with one attached hydrogen (secondary N) is 1. The molecule has 4 nitrogen and oxygen atoms in total. The highest BCUT2D eigenvalue weighted by atomic mass is 32.1. The lowest BCUT2D eigenvalue weighted by Crippen LogP contribution is -2.30. The standard InChI is InChI=1S/C18H18FNO3S/c1-11(17(21)20-15-8-4-3-7-14(15)19)23-18(22)13-10-24-16-9-5-2-6-12(13)16/h3-4,7-8,10-11H,2,5-6,9H2,1H3,(H,20,21)/t11-/m1/s1. The molecule has 0 unspecified atom stereocenters. The number of amides is 1. The summed E-state index contributed by atoms with van der Waals surface area (Å²) in [5, 5.41) is 4.24. The lowest BCUT2D eigenvalue weighted by Gasteiger charge is -2.15. The fourth-order valence-corrected chi connectivity index (χ4v) is 3.85. The molecule has 0 saturated heterocycles. The molecule has 6 heteroatoms. The van der Waals surface area contributed by atoms with Crippen LogP contribution in [0, 0.1) is 5.82 Å². The molecule has 24 heavy (non-hydrogen) atoms. The molecule has 1 amide bonds. The van der Waals surface area contributed by atoms with Crippen LogP contribution in [0.2, 0.25) is 0 Å². The highest BCUT2D eigenvalue weighted by Crippen LogP contribution is 2.30. The minimum atomic E-state index is -1.00. The van der Waals surface area contributed by atoms with E-state index < -0.39 is 23.8 Å². The second kappa shape index (κ2) is 7.13. The van der Waals surface area contributed by atoms with E-state index in [4.69, 9.17) is 4.74 Å². The van der Waals surface area contributed by atoms with Crippen LogP contribution < -0.4 is 5.32 Å². The Morgan fingerprint density at radius 1 is 1.25 bits per heavy atom. The van der Waals surface area contributed by atoms with Crippen molar-refractivity contribution in [1.82, 2.24) is 0 Å². The van der Waals surface area contributed by atoms with Crippen molar-refractivity contribution >= 4 is 28.9 Å². The number of aryl methyl sites for hydroxylation is 1. The number of para-hydroxylation sites is 1. The van der Waals surface area contributed by atoms with Crippen molar-refractivity contribution in [3.8, 4) is 0 Å². The molecule has 0 aliphatic heterocycles. The van der Waals surface area contributed by atoms with Gasteiger partial charge in [0.05, 0.1) is 11.3 Å². The van der Waals surface area contributed by atoms with Gasteiger partial charge >= 0.3 is 5.97 Å². The Morgan fingerprint density at radius 2 is 2.00 bits per heavy atom. The molecule has 1 atom stereocenters. The van der Waals surface area contributed by atoms with E-state index in [0.29, 0.717) is 5.56 Å². The maximum Gasteiger partial charge on any atom is 0.340 e. The molecule has 2 aromatic rings. The molecule has 3 rings (SSSR count). The van der Waals surface area contributed by atoms with Crippen molar-refractivity contribution in [3.05, 3.63) is 51.5 Å². The second-order valence-electron chi connectivity index (χ2n) is 5.77. The van der Waals surface area contributed by atoms with E-state index in [1.165, 1.54) is 30.0 Å². The normalized spacial score (nSPS) is 14.6. The SMILES string of the molecule is C[C@@H](OC(=O)c1csc2c1CCCC2)C(=O)Nc1ccccc1F. The highest BCUT2D eigenvalue weighted by Gasteiger charge is 2.25. The van der Waals surface area contributed by atoms with Crippen LogP contribution in [0.25, 0.3) is 0 Å². The summed E-state index contributed by atoms with van der Waals surface area (Å²) < 4.78 is 18.8. The fraction of sp³-hybridized carbons (Fsp3) is 0.333. The number of hydrogen-bond donors (Lipinski definition) is 1. The van der Waals surface area contributed by atoms with Crippen LogP contribution in [0.5, 0.6) is 0 Å². The Bertz CT molecular complexity index is 771. The van der Waals surface area contributed by atoms with Crippen molar-refractivity contribution in [2.75, 3.05) is 5.32 Å². The summed E-state index contributed by atoms with van der Waals surface area (Å²) in [6, 6.07) is 5.86. The number of halogens is 1. The van der Waals surface area contributed by atoms with Gasteiger partial charge in [0.15, 0.2) is 6.10 Å². The molecule has 0 spiro atoms. The Labute approximate surface area is 143 Å². The van der Waals surface area contributed by atoms with Crippen LogP contribution in [0.1, 0.15) is 40.6 Å². The topological polar surface area (TPSA) is 55.4 Å². The number of hydrogen-bond acceptors (Lipinski definition) is 4. The number of carbonyl (C=O) groups is 2. The number of rotatable bonds is 4. The van der Waals surface area contributed by atoms with Crippen LogP contribution in [-0.2, 0) is 22.4 Å². The number of thiophene rings is 1. The summed E-state index contributed by atoms with van der Waals surface area (Å²) in [4.78, 5) is 25.7. The zero-order valence-corrected chi connectivity index (χ0v) is 14.1. The first kappa shape index (κ1) is 16.6. The molecule has 126 valence electrons. The third-order valence-electron chi connectivity index (χ3n) is 4.07. The molecule has 1 aliphatic carbocycles. The maximum absolute atomic E-state index is 13.6. The monoisotopic (exact) mass is 347 g/mol. The first-order valence-corrected chi connectivity index (χ1v) is 8.80. The zero-order chi connectivity index (χ0) is 17.1. The minimum Gasteiger partial charge on any atom is -0.449 e. The molecule has 1 aromatic heterocycles. The van der Waals surface area contributed by atoms with Crippen molar-refractivity contribution in [2.24, 2.45) is 0 Å². The van der Waals surface area contributed by atoms with Gasteiger partial charge in [0, 0.05) is 10.3 Å². The van der Waals surface area contributed by atoms with Crippen LogP contribution >= 0.6 is 11.3 Å². The maximum atomic E-state index is 13.6. The van der Waals surface area contributed by atoms with Crippen LogP contribution in [0.15, 0.2) is 29.6 Å².